The molecule has 3 rings (SSSR count). The molecule has 0 saturated heterocycles. The number of carbonyl (C=O) groups is 2. The molecule has 0 fully saturated rings. The molecule has 1 aromatic heterocycles. The monoisotopic (exact) mass is 396 g/mol. The molecule has 0 atom stereocenters. The second kappa shape index (κ2) is 9.64. The fourth-order valence-corrected chi connectivity index (χ4v) is 3.04. The van der Waals surface area contributed by atoms with Gasteiger partial charge in [-0.1, -0.05) is 37.3 Å². The number of benzene rings is 2. The summed E-state index contributed by atoms with van der Waals surface area (Å²) in [6, 6.07) is 15.2. The van der Waals surface area contributed by atoms with Gasteiger partial charge in [-0.15, -0.1) is 0 Å². The molecule has 152 valence electrons. The fraction of sp³-hybridized carbons (Fsp3) is 0.273. The Hall–Kier alpha value is -3.48. The van der Waals surface area contributed by atoms with E-state index < -0.39 is 12.1 Å². The minimum atomic E-state index is -1.04. The number of aromatic amines is 1. The van der Waals surface area contributed by atoms with Crippen LogP contribution in [0.15, 0.2) is 48.5 Å². The molecule has 0 saturated carbocycles. The van der Waals surface area contributed by atoms with Crippen molar-refractivity contribution in [3.63, 3.8) is 0 Å². The number of fused-ring (bicyclic) bond motifs is 1. The van der Waals surface area contributed by atoms with E-state index in [4.69, 9.17) is 9.47 Å². The minimum absolute atomic E-state index is 0.115. The number of hydrogen-bond acceptors (Lipinski definition) is 4. The number of H-pyrrole nitrogens is 1. The Morgan fingerprint density at radius 1 is 1.14 bits per heavy atom. The van der Waals surface area contributed by atoms with Gasteiger partial charge in [-0.25, -0.2) is 9.59 Å². The van der Waals surface area contributed by atoms with E-state index in [0.29, 0.717) is 36.5 Å². The van der Waals surface area contributed by atoms with Gasteiger partial charge in [0.15, 0.2) is 0 Å². The summed E-state index contributed by atoms with van der Waals surface area (Å²) >= 11 is 0. The van der Waals surface area contributed by atoms with Gasteiger partial charge in [0.25, 0.3) is 0 Å². The molecular weight excluding hydrogens is 372 g/mol. The van der Waals surface area contributed by atoms with E-state index in [9.17, 15) is 14.7 Å². The first-order valence-electron chi connectivity index (χ1n) is 9.53. The van der Waals surface area contributed by atoms with E-state index in [1.54, 1.807) is 12.1 Å². The summed E-state index contributed by atoms with van der Waals surface area (Å²) < 4.78 is 10.8. The number of alkyl carbamates (subject to hydrolysis) is 1. The van der Waals surface area contributed by atoms with E-state index in [1.165, 1.54) is 0 Å². The summed E-state index contributed by atoms with van der Waals surface area (Å²) in [5.74, 6) is -0.398. The lowest BCUT2D eigenvalue weighted by atomic mass is 10.1. The Balaban J connectivity index is 1.75. The predicted octanol–water partition coefficient (Wildman–Crippen LogP) is 4.12. The molecule has 0 unspecified atom stereocenters. The zero-order valence-electron chi connectivity index (χ0n) is 16.2. The summed E-state index contributed by atoms with van der Waals surface area (Å²) in [7, 11) is 0. The topological polar surface area (TPSA) is 101 Å². The summed E-state index contributed by atoms with van der Waals surface area (Å²) in [6.45, 7) is 2.95. The highest BCUT2D eigenvalue weighted by atomic mass is 16.5. The molecule has 0 aliphatic carbocycles. The lowest BCUT2D eigenvalue weighted by Gasteiger charge is -2.08. The van der Waals surface area contributed by atoms with Crippen LogP contribution in [-0.4, -0.2) is 35.3 Å². The summed E-state index contributed by atoms with van der Waals surface area (Å²) in [5, 5.41) is 12.9. The highest BCUT2D eigenvalue weighted by Crippen LogP contribution is 2.27. The number of aromatic carboxylic acids is 1. The second-order valence-electron chi connectivity index (χ2n) is 6.58. The average molecular weight is 396 g/mol. The van der Waals surface area contributed by atoms with Crippen LogP contribution in [-0.2, 0) is 17.8 Å². The predicted molar refractivity (Wildman–Crippen MR) is 109 cm³/mol. The molecule has 1 amide bonds. The first-order valence-corrected chi connectivity index (χ1v) is 9.53. The van der Waals surface area contributed by atoms with E-state index in [0.717, 1.165) is 17.4 Å². The normalized spacial score (nSPS) is 10.7. The molecule has 0 aliphatic rings. The number of ether oxygens (including phenoxy) is 2. The SMILES string of the molecule is CCCOC(=O)NCCc1c(C(=O)O)[nH]c2ccc(OCc3ccccc3)cc12. The molecule has 3 N–H and O–H groups in total. The van der Waals surface area contributed by atoms with Gasteiger partial charge in [-0.3, -0.25) is 0 Å². The number of rotatable bonds is 9. The average Bonchev–Trinajstić information content (AvgIpc) is 3.10. The van der Waals surface area contributed by atoms with Gasteiger partial charge in [0.1, 0.15) is 18.1 Å². The third-order valence-corrected chi connectivity index (χ3v) is 4.42. The molecule has 2 aromatic carbocycles. The summed E-state index contributed by atoms with van der Waals surface area (Å²) in [4.78, 5) is 26.2. The fourth-order valence-electron chi connectivity index (χ4n) is 3.04. The first-order chi connectivity index (χ1) is 14.1. The molecule has 0 bridgehead atoms. The Kier molecular flexibility index (Phi) is 6.73. The van der Waals surface area contributed by atoms with Gasteiger partial charge in [0, 0.05) is 17.4 Å². The van der Waals surface area contributed by atoms with E-state index in [2.05, 4.69) is 10.3 Å². The molecule has 0 aliphatic heterocycles. The summed E-state index contributed by atoms with van der Waals surface area (Å²) in [5.41, 5.74) is 2.48. The van der Waals surface area contributed by atoms with Gasteiger partial charge in [-0.2, -0.15) is 0 Å². The lowest BCUT2D eigenvalue weighted by molar-refractivity contribution is 0.0690. The number of nitrogens with one attached hydrogen (secondary N) is 2. The zero-order chi connectivity index (χ0) is 20.6. The standard InChI is InChI=1S/C22H24N2O5/c1-2-12-28-22(27)23-11-10-17-18-13-16(29-14-15-6-4-3-5-7-15)8-9-19(18)24-20(17)21(25)26/h3-9,13,24H,2,10-12,14H2,1H3,(H,23,27)(H,25,26). The van der Waals surface area contributed by atoms with Crippen LogP contribution in [0.25, 0.3) is 10.9 Å². The minimum Gasteiger partial charge on any atom is -0.489 e. The van der Waals surface area contributed by atoms with E-state index >= 15 is 0 Å². The maximum Gasteiger partial charge on any atom is 0.407 e. The van der Waals surface area contributed by atoms with Crippen LogP contribution in [0.5, 0.6) is 5.75 Å². The molecule has 0 radical (unpaired) electrons. The van der Waals surface area contributed by atoms with Crippen LogP contribution in [0.3, 0.4) is 0 Å². The van der Waals surface area contributed by atoms with Crippen LogP contribution in [0.4, 0.5) is 4.79 Å². The number of amides is 1. The van der Waals surface area contributed by atoms with Crippen molar-refractivity contribution in [2.24, 2.45) is 0 Å². The zero-order valence-corrected chi connectivity index (χ0v) is 16.2. The smallest absolute Gasteiger partial charge is 0.407 e. The van der Waals surface area contributed by atoms with Gasteiger partial charge >= 0.3 is 12.1 Å². The Morgan fingerprint density at radius 2 is 1.93 bits per heavy atom. The maximum absolute atomic E-state index is 11.7. The van der Waals surface area contributed by atoms with Crippen molar-refractivity contribution in [2.45, 2.75) is 26.4 Å². The van der Waals surface area contributed by atoms with Crippen molar-refractivity contribution < 1.29 is 24.2 Å². The van der Waals surface area contributed by atoms with Crippen LogP contribution < -0.4 is 10.1 Å². The van der Waals surface area contributed by atoms with Gasteiger partial charge in [0.2, 0.25) is 0 Å². The van der Waals surface area contributed by atoms with E-state index in [-0.39, 0.29) is 12.2 Å². The number of carboxylic acids is 1. The van der Waals surface area contributed by atoms with Gasteiger partial charge in [0.05, 0.1) is 6.61 Å². The van der Waals surface area contributed by atoms with Crippen LogP contribution in [0, 0.1) is 0 Å². The third-order valence-electron chi connectivity index (χ3n) is 4.42. The summed E-state index contributed by atoms with van der Waals surface area (Å²) in [6.07, 6.45) is 0.589. The van der Waals surface area contributed by atoms with Crippen molar-refractivity contribution in [2.75, 3.05) is 13.2 Å². The molecule has 7 heteroatoms. The van der Waals surface area contributed by atoms with Crippen molar-refractivity contribution in [3.05, 3.63) is 65.4 Å². The molecule has 0 spiro atoms. The van der Waals surface area contributed by atoms with Gasteiger partial charge < -0.3 is 24.9 Å². The van der Waals surface area contributed by atoms with Crippen LogP contribution in [0.2, 0.25) is 0 Å². The molecular formula is C22H24N2O5. The molecule has 3 aromatic rings. The van der Waals surface area contributed by atoms with Crippen LogP contribution in [0.1, 0.15) is 35.0 Å². The first kappa shape index (κ1) is 20.3. The second-order valence-corrected chi connectivity index (χ2v) is 6.58. The highest BCUT2D eigenvalue weighted by molar-refractivity contribution is 5.97. The number of hydrogen-bond donors (Lipinski definition) is 3. The Bertz CT molecular complexity index is 982. The Labute approximate surface area is 168 Å². The Morgan fingerprint density at radius 3 is 2.66 bits per heavy atom. The number of carboxylic acid groups (broad SMARTS) is 1. The van der Waals surface area contributed by atoms with Crippen LogP contribution >= 0.6 is 0 Å². The van der Waals surface area contributed by atoms with E-state index in [1.807, 2.05) is 43.3 Å². The number of aromatic nitrogens is 1. The quantitative estimate of drug-likeness (QED) is 0.505. The largest absolute Gasteiger partial charge is 0.489 e. The lowest BCUT2D eigenvalue weighted by Crippen LogP contribution is -2.27. The molecule has 29 heavy (non-hydrogen) atoms. The number of carbonyl (C=O) groups excluding carboxylic acids is 1. The maximum atomic E-state index is 11.7. The van der Waals surface area contributed by atoms with Crippen molar-refractivity contribution in [1.29, 1.82) is 0 Å². The molecule has 1 heterocycles. The highest BCUT2D eigenvalue weighted by Gasteiger charge is 2.18. The van der Waals surface area contributed by atoms with Crippen molar-refractivity contribution >= 4 is 23.0 Å². The van der Waals surface area contributed by atoms with Crippen molar-refractivity contribution in [1.82, 2.24) is 10.3 Å². The molecule has 7 nitrogen and oxygen atoms in total. The third kappa shape index (κ3) is 5.28. The van der Waals surface area contributed by atoms with Crippen molar-refractivity contribution in [3.8, 4) is 5.75 Å². The van der Waals surface area contributed by atoms with Gasteiger partial charge in [-0.05, 0) is 42.2 Å².